The maximum atomic E-state index is 11.8. The quantitative estimate of drug-likeness (QED) is 0.708. The van der Waals surface area contributed by atoms with Crippen LogP contribution in [0.1, 0.15) is 23.1 Å². The number of aromatic nitrogens is 3. The van der Waals surface area contributed by atoms with E-state index in [9.17, 15) is 18.3 Å². The zero-order valence-corrected chi connectivity index (χ0v) is 15.3. The highest BCUT2D eigenvalue weighted by molar-refractivity contribution is 7.92. The van der Waals surface area contributed by atoms with E-state index in [0.717, 1.165) is 10.6 Å². The van der Waals surface area contributed by atoms with E-state index in [0.29, 0.717) is 40.2 Å². The molecule has 0 bridgehead atoms. The number of nitrogens with one attached hydrogen (secondary N) is 1. The molecule has 0 fully saturated rings. The number of hydrogen-bond acceptors (Lipinski definition) is 5. The van der Waals surface area contributed by atoms with Crippen LogP contribution in [0.3, 0.4) is 0 Å². The van der Waals surface area contributed by atoms with Crippen LogP contribution in [0, 0.1) is 0 Å². The monoisotopic (exact) mass is 374 g/mol. The molecule has 0 aliphatic carbocycles. The van der Waals surface area contributed by atoms with Gasteiger partial charge in [-0.05, 0) is 12.1 Å². The Hall–Kier alpha value is -2.94. The van der Waals surface area contributed by atoms with Crippen molar-refractivity contribution >= 4 is 32.7 Å². The van der Waals surface area contributed by atoms with Crippen LogP contribution < -0.4 is 4.31 Å². The summed E-state index contributed by atoms with van der Waals surface area (Å²) in [5, 5.41) is 9.85. The van der Waals surface area contributed by atoms with Gasteiger partial charge in [0.15, 0.2) is 0 Å². The molecule has 0 spiro atoms. The molecule has 0 saturated carbocycles. The topological polar surface area (TPSA) is 116 Å². The van der Waals surface area contributed by atoms with Crippen molar-refractivity contribution in [3.8, 4) is 11.3 Å². The Morgan fingerprint density at radius 2 is 2.04 bits per heavy atom. The number of sulfonamides is 1. The Morgan fingerprint density at radius 3 is 2.65 bits per heavy atom. The molecule has 3 aromatic rings. The number of benzene rings is 1. The first-order valence-corrected chi connectivity index (χ1v) is 9.72. The van der Waals surface area contributed by atoms with E-state index >= 15 is 0 Å². The Morgan fingerprint density at radius 1 is 1.31 bits per heavy atom. The second-order valence-electron chi connectivity index (χ2n) is 5.85. The van der Waals surface area contributed by atoms with Crippen LogP contribution in [0.4, 0.5) is 5.69 Å². The fourth-order valence-corrected chi connectivity index (χ4v) is 3.15. The van der Waals surface area contributed by atoms with Crippen LogP contribution in [0.25, 0.3) is 22.3 Å². The van der Waals surface area contributed by atoms with Crippen LogP contribution in [-0.4, -0.2) is 47.7 Å². The minimum Gasteiger partial charge on any atom is -0.478 e. The van der Waals surface area contributed by atoms with Crippen molar-refractivity contribution in [2.75, 3.05) is 17.6 Å². The van der Waals surface area contributed by atoms with Gasteiger partial charge in [0.25, 0.3) is 0 Å². The smallest absolute Gasteiger partial charge is 0.338 e. The molecule has 2 heterocycles. The third-order valence-corrected chi connectivity index (χ3v) is 5.31. The van der Waals surface area contributed by atoms with E-state index in [2.05, 4.69) is 15.0 Å². The molecule has 0 unspecified atom stereocenters. The first kappa shape index (κ1) is 17.9. The molecule has 136 valence electrons. The van der Waals surface area contributed by atoms with Crippen molar-refractivity contribution in [3.05, 3.63) is 41.9 Å². The molecule has 9 heteroatoms. The number of aromatic carboxylic acids is 1. The van der Waals surface area contributed by atoms with Gasteiger partial charge < -0.3 is 10.1 Å². The molecule has 1 aromatic carbocycles. The summed E-state index contributed by atoms with van der Waals surface area (Å²) in [5.41, 5.74) is 2.03. The van der Waals surface area contributed by atoms with Crippen LogP contribution in [-0.2, 0) is 16.4 Å². The summed E-state index contributed by atoms with van der Waals surface area (Å²) >= 11 is 0. The molecular formula is C17H18N4O4S. The number of aryl methyl sites for hydroxylation is 1. The Labute approximate surface area is 150 Å². The lowest BCUT2D eigenvalue weighted by Gasteiger charge is -2.17. The number of H-pyrrole nitrogens is 1. The van der Waals surface area contributed by atoms with E-state index in [1.54, 1.807) is 24.3 Å². The largest absolute Gasteiger partial charge is 0.478 e. The first-order valence-electron chi connectivity index (χ1n) is 7.88. The third-order valence-electron chi connectivity index (χ3n) is 4.11. The number of carboxylic acids is 1. The molecule has 0 radical (unpaired) electrons. The van der Waals surface area contributed by atoms with Crippen LogP contribution >= 0.6 is 0 Å². The zero-order chi connectivity index (χ0) is 19.1. The van der Waals surface area contributed by atoms with Crippen molar-refractivity contribution in [2.24, 2.45) is 0 Å². The highest BCUT2D eigenvalue weighted by atomic mass is 32.2. The van der Waals surface area contributed by atoms with Gasteiger partial charge in [-0.1, -0.05) is 19.1 Å². The number of carboxylic acid groups (broad SMARTS) is 1. The number of nitrogens with zero attached hydrogens (tertiary/aromatic N) is 3. The van der Waals surface area contributed by atoms with Crippen molar-refractivity contribution in [1.82, 2.24) is 15.0 Å². The Bertz CT molecular complexity index is 1110. The number of hydrogen-bond donors (Lipinski definition) is 2. The van der Waals surface area contributed by atoms with Crippen LogP contribution in [0.15, 0.2) is 30.5 Å². The summed E-state index contributed by atoms with van der Waals surface area (Å²) in [6.07, 6.45) is 3.08. The second-order valence-corrected chi connectivity index (χ2v) is 7.87. The molecule has 3 rings (SSSR count). The van der Waals surface area contributed by atoms with Gasteiger partial charge in [0, 0.05) is 25.2 Å². The second kappa shape index (κ2) is 6.41. The number of rotatable bonds is 5. The highest BCUT2D eigenvalue weighted by Gasteiger charge is 2.20. The van der Waals surface area contributed by atoms with E-state index in [1.165, 1.54) is 13.2 Å². The van der Waals surface area contributed by atoms with Gasteiger partial charge in [-0.15, -0.1) is 0 Å². The van der Waals surface area contributed by atoms with Crippen molar-refractivity contribution in [2.45, 2.75) is 13.3 Å². The average molecular weight is 374 g/mol. The number of anilines is 1. The minimum atomic E-state index is -3.42. The predicted molar refractivity (Wildman–Crippen MR) is 98.9 cm³/mol. The maximum Gasteiger partial charge on any atom is 0.338 e. The fraction of sp³-hybridized carbons (Fsp3) is 0.235. The van der Waals surface area contributed by atoms with Gasteiger partial charge in [0.2, 0.25) is 10.0 Å². The number of aromatic amines is 1. The SMILES string of the molecule is CCc1nc(-c2cccc(N(C)S(C)(=O)=O)c2)c2c(C(=O)O)c[nH]c2n1. The lowest BCUT2D eigenvalue weighted by atomic mass is 10.1. The molecule has 0 saturated heterocycles. The van der Waals surface area contributed by atoms with Crippen molar-refractivity contribution in [3.63, 3.8) is 0 Å². The van der Waals surface area contributed by atoms with Gasteiger partial charge in [0.05, 0.1) is 28.6 Å². The Balaban J connectivity index is 2.28. The van der Waals surface area contributed by atoms with E-state index < -0.39 is 16.0 Å². The zero-order valence-electron chi connectivity index (χ0n) is 14.5. The van der Waals surface area contributed by atoms with Gasteiger partial charge in [-0.3, -0.25) is 4.31 Å². The Kier molecular flexibility index (Phi) is 4.41. The predicted octanol–water partition coefficient (Wildman–Crippen LogP) is 2.28. The summed E-state index contributed by atoms with van der Waals surface area (Å²) in [6.45, 7) is 1.90. The van der Waals surface area contributed by atoms with E-state index in [1.807, 2.05) is 6.92 Å². The minimum absolute atomic E-state index is 0.0690. The summed E-state index contributed by atoms with van der Waals surface area (Å²) in [7, 11) is -1.96. The van der Waals surface area contributed by atoms with Crippen LogP contribution in [0.2, 0.25) is 0 Å². The third kappa shape index (κ3) is 3.13. The normalized spacial score (nSPS) is 11.7. The highest BCUT2D eigenvalue weighted by Crippen LogP contribution is 2.31. The molecule has 26 heavy (non-hydrogen) atoms. The maximum absolute atomic E-state index is 11.8. The summed E-state index contributed by atoms with van der Waals surface area (Å²) in [5.74, 6) is -0.525. The summed E-state index contributed by atoms with van der Waals surface area (Å²) in [4.78, 5) is 23.3. The summed E-state index contributed by atoms with van der Waals surface area (Å²) in [6, 6.07) is 6.80. The molecule has 8 nitrogen and oxygen atoms in total. The fourth-order valence-electron chi connectivity index (χ4n) is 2.66. The number of fused-ring (bicyclic) bond motifs is 1. The lowest BCUT2D eigenvalue weighted by Crippen LogP contribution is -2.24. The molecular weight excluding hydrogens is 356 g/mol. The molecule has 2 N–H and O–H groups in total. The van der Waals surface area contributed by atoms with Gasteiger partial charge in [0.1, 0.15) is 11.5 Å². The lowest BCUT2D eigenvalue weighted by molar-refractivity contribution is 0.0699. The van der Waals surface area contributed by atoms with Gasteiger partial charge in [-0.25, -0.2) is 23.2 Å². The van der Waals surface area contributed by atoms with Gasteiger partial charge in [-0.2, -0.15) is 0 Å². The molecule has 0 amide bonds. The van der Waals surface area contributed by atoms with E-state index in [-0.39, 0.29) is 5.56 Å². The average Bonchev–Trinajstić information content (AvgIpc) is 3.03. The van der Waals surface area contributed by atoms with Crippen molar-refractivity contribution < 1.29 is 18.3 Å². The van der Waals surface area contributed by atoms with Crippen molar-refractivity contribution in [1.29, 1.82) is 0 Å². The molecule has 2 aromatic heterocycles. The summed E-state index contributed by atoms with van der Waals surface area (Å²) < 4.78 is 24.8. The molecule has 0 aliphatic rings. The first-order chi connectivity index (χ1) is 12.2. The molecule has 0 aliphatic heterocycles. The van der Waals surface area contributed by atoms with Gasteiger partial charge >= 0.3 is 5.97 Å². The number of carbonyl (C=O) groups is 1. The van der Waals surface area contributed by atoms with Crippen LogP contribution in [0.5, 0.6) is 0 Å². The standard InChI is InChI=1S/C17H18N4O4S/c1-4-13-19-15(14-12(17(22)23)9-18-16(14)20-13)10-6-5-7-11(8-10)21(2)26(3,24)25/h5-9H,4H2,1-3H3,(H,22,23)(H,18,19,20). The van der Waals surface area contributed by atoms with E-state index in [4.69, 9.17) is 0 Å². The molecule has 0 atom stereocenters.